The molecule has 3 aliphatic rings. The number of ether oxygens (including phenoxy) is 2. The Balaban J connectivity index is 0.000000167. The molecule has 3 aromatic carbocycles. The number of amides is 6. The van der Waals surface area contributed by atoms with E-state index in [1.807, 2.05) is 88.4 Å². The molecule has 3 fully saturated rings. The molecule has 0 atom stereocenters. The second-order valence-electron chi connectivity index (χ2n) is 26.0. The molecule has 30 nitrogen and oxygen atoms in total. The lowest BCUT2D eigenvalue weighted by molar-refractivity contribution is 0.00578. The number of rotatable bonds is 13. The SMILES string of the molecule is C1COCCN1.CC(C)(O)Cn1ncc2c(Cl)nc(Cl)nc21.CNC(=O)Nc1ccc(-c2nc(Cl)nc3c2cnn3CC(C)(C)O)cc1.CNC(=O)Nc1ccc(-c2nc(N3CCOCC3)nc3c2cnn3CC(C)(C)O)cc1.CNC(=O)Nc1ccc(B2OC(C)(C)C(C)(C)O2)cc1. The maximum Gasteiger partial charge on any atom is 0.494 e. The Hall–Kier alpha value is -8.47. The van der Waals surface area contributed by atoms with Crippen LogP contribution in [-0.4, -0.2) is 202 Å². The number of carbonyl (C=O) groups excluding carboxylic acids is 3. The number of aliphatic hydroxyl groups is 3. The largest absolute Gasteiger partial charge is 0.494 e. The Bertz CT molecular complexity index is 4160. The lowest BCUT2D eigenvalue weighted by Gasteiger charge is -2.32. The first kappa shape index (κ1) is 76.3. The highest BCUT2D eigenvalue weighted by Gasteiger charge is 2.51. The van der Waals surface area contributed by atoms with Crippen LogP contribution < -0.4 is 47.6 Å². The van der Waals surface area contributed by atoms with Crippen LogP contribution in [0.1, 0.15) is 69.2 Å². The minimum atomic E-state index is -0.941. The molecular formula is C65H86BCl3N20O10. The summed E-state index contributed by atoms with van der Waals surface area (Å²) in [5.74, 6) is 0.607. The van der Waals surface area contributed by atoms with Crippen molar-refractivity contribution in [2.45, 2.75) is 117 Å². The number of anilines is 4. The minimum Gasteiger partial charge on any atom is -0.399 e. The molecule has 12 rings (SSSR count). The van der Waals surface area contributed by atoms with Gasteiger partial charge in [0.2, 0.25) is 16.5 Å². The third kappa shape index (κ3) is 21.5. The van der Waals surface area contributed by atoms with E-state index < -0.39 is 16.8 Å². The van der Waals surface area contributed by atoms with Crippen LogP contribution in [0, 0.1) is 0 Å². The summed E-state index contributed by atoms with van der Waals surface area (Å²) in [6.07, 6.45) is 4.94. The molecule has 0 bridgehead atoms. The molecule has 6 aromatic heterocycles. The summed E-state index contributed by atoms with van der Waals surface area (Å²) in [5, 5.41) is 64.4. The zero-order valence-electron chi connectivity index (χ0n) is 57.7. The quantitative estimate of drug-likeness (QED) is 0.0299. The van der Waals surface area contributed by atoms with E-state index in [1.165, 1.54) is 0 Å². The molecule has 9 aromatic rings. The number of benzene rings is 3. The summed E-state index contributed by atoms with van der Waals surface area (Å²) in [6, 6.07) is 21.3. The van der Waals surface area contributed by atoms with E-state index in [0.717, 1.165) is 65.0 Å². The summed E-state index contributed by atoms with van der Waals surface area (Å²) in [4.78, 5) is 62.3. The van der Waals surface area contributed by atoms with Crippen molar-refractivity contribution < 1.29 is 48.5 Å². The molecule has 99 heavy (non-hydrogen) atoms. The highest BCUT2D eigenvalue weighted by atomic mass is 35.5. The van der Waals surface area contributed by atoms with Crippen LogP contribution in [0.15, 0.2) is 91.4 Å². The number of carbonyl (C=O) groups is 3. The fourth-order valence-corrected chi connectivity index (χ4v) is 10.4. The molecule has 0 spiro atoms. The maximum absolute atomic E-state index is 11.6. The topological polar surface area (TPSA) is 367 Å². The third-order valence-electron chi connectivity index (χ3n) is 15.3. The van der Waals surface area contributed by atoms with Gasteiger partial charge in [-0.15, -0.1) is 0 Å². The molecule has 6 amide bonds. The number of aromatic nitrogens is 12. The van der Waals surface area contributed by atoms with Crippen molar-refractivity contribution in [3.8, 4) is 22.5 Å². The van der Waals surface area contributed by atoms with Crippen molar-refractivity contribution in [1.29, 1.82) is 0 Å². The van der Waals surface area contributed by atoms with Crippen LogP contribution in [-0.2, 0) is 38.4 Å². The van der Waals surface area contributed by atoms with Gasteiger partial charge in [-0.05, 0) is 134 Å². The van der Waals surface area contributed by atoms with Gasteiger partial charge in [0.25, 0.3) is 0 Å². The van der Waals surface area contributed by atoms with Gasteiger partial charge in [-0.3, -0.25) is 0 Å². The number of fused-ring (bicyclic) bond motifs is 3. The van der Waals surface area contributed by atoms with Crippen molar-refractivity contribution in [3.63, 3.8) is 0 Å². The van der Waals surface area contributed by atoms with Crippen molar-refractivity contribution >= 4 is 122 Å². The third-order valence-corrected chi connectivity index (χ3v) is 16.0. The van der Waals surface area contributed by atoms with Crippen LogP contribution in [0.2, 0.25) is 15.7 Å². The number of halogens is 3. The Kier molecular flexibility index (Phi) is 25.5. The highest BCUT2D eigenvalue weighted by Crippen LogP contribution is 2.37. The number of urea groups is 3. The van der Waals surface area contributed by atoms with Gasteiger partial charge in [-0.25, -0.2) is 43.4 Å². The van der Waals surface area contributed by atoms with E-state index in [4.69, 9.17) is 63.6 Å². The molecule has 3 aliphatic heterocycles. The molecule has 34 heteroatoms. The molecule has 530 valence electrons. The lowest BCUT2D eigenvalue weighted by atomic mass is 9.79. The Labute approximate surface area is 588 Å². The van der Waals surface area contributed by atoms with Crippen LogP contribution in [0.4, 0.5) is 37.4 Å². The fourth-order valence-electron chi connectivity index (χ4n) is 9.78. The van der Waals surface area contributed by atoms with Crippen molar-refractivity contribution in [3.05, 3.63) is 107 Å². The monoisotopic (exact) mass is 1420 g/mol. The van der Waals surface area contributed by atoms with E-state index in [0.29, 0.717) is 84.7 Å². The second kappa shape index (κ2) is 33.1. The number of hydrogen-bond acceptors (Lipinski definition) is 21. The molecule has 9 heterocycles. The second-order valence-corrected chi connectivity index (χ2v) is 27.0. The van der Waals surface area contributed by atoms with E-state index in [-0.39, 0.29) is 58.7 Å². The Morgan fingerprint density at radius 1 is 0.515 bits per heavy atom. The van der Waals surface area contributed by atoms with Gasteiger partial charge in [0.15, 0.2) is 16.9 Å². The number of nitrogens with zero attached hydrogens (tertiary/aromatic N) is 13. The summed E-state index contributed by atoms with van der Waals surface area (Å²) in [6.45, 7) is 25.7. The van der Waals surface area contributed by atoms with Gasteiger partial charge in [-0.1, -0.05) is 48.0 Å². The van der Waals surface area contributed by atoms with Gasteiger partial charge in [0, 0.05) is 75.5 Å². The molecule has 0 aliphatic carbocycles. The smallest absolute Gasteiger partial charge is 0.399 e. The standard InChI is InChI=1S/C21H27N7O3.C17H19ClN6O2.C14H21BN2O3.C9H10Cl2N4O.C4H9NO/c1-21(2,30)13-28-18-16(12-23-28)17(25-19(26-18)27-8-10-31-11-9-27)14-4-6-15(7-5-14)24-20(29)22-3;1-17(2,26)9-24-14-12(8-20-24)13(22-15(18)23-14)10-4-6-11(7-5-10)21-16(25)19-3;1-13(2)14(3,4)20-15(19-13)10-6-8-11(9-7-10)17-12(18)16-5;1-9(2,16)4-15-7-5(3-12-15)6(10)13-8(11)14-7;1-3-6-4-2-5-1/h4-7,12,30H,8-11,13H2,1-3H3,(H2,22,24,29);4-8,26H,9H2,1-3H3,(H2,19,21,25);6-9H,1-5H3,(H2,16,17,18);3,16H,4H2,1-2H3;5H,1-4H2. The first-order valence-corrected chi connectivity index (χ1v) is 32.9. The lowest BCUT2D eigenvalue weighted by Crippen LogP contribution is -2.41. The first-order chi connectivity index (χ1) is 46.7. The number of nitrogens with one attached hydrogen (secondary N) is 7. The predicted octanol–water partition coefficient (Wildman–Crippen LogP) is 7.77. The van der Waals surface area contributed by atoms with Crippen LogP contribution in [0.3, 0.4) is 0 Å². The van der Waals surface area contributed by atoms with Crippen LogP contribution >= 0.6 is 34.8 Å². The van der Waals surface area contributed by atoms with Crippen molar-refractivity contribution in [2.24, 2.45) is 0 Å². The average molecular weight is 1420 g/mol. The van der Waals surface area contributed by atoms with Gasteiger partial charge in [-0.2, -0.15) is 30.2 Å². The molecule has 0 radical (unpaired) electrons. The van der Waals surface area contributed by atoms with E-state index in [1.54, 1.807) is 107 Å². The zero-order valence-corrected chi connectivity index (χ0v) is 59.9. The summed E-state index contributed by atoms with van der Waals surface area (Å²) in [7, 11) is 4.32. The molecular weight excluding hydrogens is 1340 g/mol. The van der Waals surface area contributed by atoms with Gasteiger partial charge < -0.3 is 76.2 Å². The molecule has 0 saturated carbocycles. The number of morpholine rings is 2. The van der Waals surface area contributed by atoms with Crippen LogP contribution in [0.5, 0.6) is 0 Å². The fraction of sp³-hybridized carbons (Fsp3) is 0.446. The average Bonchev–Trinajstić information content (AvgIpc) is 1.74. The molecule has 3 saturated heterocycles. The van der Waals surface area contributed by atoms with Crippen LogP contribution in [0.25, 0.3) is 55.6 Å². The van der Waals surface area contributed by atoms with Gasteiger partial charge in [0.1, 0.15) is 5.15 Å². The predicted molar refractivity (Wildman–Crippen MR) is 384 cm³/mol. The molecule has 0 unspecified atom stereocenters. The Morgan fingerprint density at radius 3 is 1.26 bits per heavy atom. The van der Waals surface area contributed by atoms with E-state index >= 15 is 0 Å². The highest BCUT2D eigenvalue weighted by molar-refractivity contribution is 6.62. The van der Waals surface area contributed by atoms with E-state index in [9.17, 15) is 29.7 Å². The summed E-state index contributed by atoms with van der Waals surface area (Å²) < 4.78 is 27.3. The first-order valence-electron chi connectivity index (χ1n) is 31.8. The van der Waals surface area contributed by atoms with Gasteiger partial charge >= 0.3 is 25.2 Å². The summed E-state index contributed by atoms with van der Waals surface area (Å²) >= 11 is 17.7. The zero-order chi connectivity index (χ0) is 72.0. The molecule has 10 N–H and O–H groups in total. The normalized spacial score (nSPS) is 15.1. The summed E-state index contributed by atoms with van der Waals surface area (Å²) in [5.41, 5.74) is 4.35. The maximum atomic E-state index is 11.6. The van der Waals surface area contributed by atoms with Crippen molar-refractivity contribution in [2.75, 3.05) is 94.6 Å². The Morgan fingerprint density at radius 2 is 0.879 bits per heavy atom. The minimum absolute atomic E-state index is 0.0648. The van der Waals surface area contributed by atoms with Crippen molar-refractivity contribution in [1.82, 2.24) is 80.5 Å². The van der Waals surface area contributed by atoms with Gasteiger partial charge in [0.05, 0.1) is 120 Å². The van der Waals surface area contributed by atoms with E-state index in [2.05, 4.69) is 77.3 Å². The number of hydrogen-bond donors (Lipinski definition) is 10.